The van der Waals surface area contributed by atoms with E-state index >= 15 is 0 Å². The van der Waals surface area contributed by atoms with Crippen LogP contribution in [0, 0.1) is 0 Å². The maximum Gasteiger partial charge on any atom is 0.234 e. The quantitative estimate of drug-likeness (QED) is 0.686. The van der Waals surface area contributed by atoms with Gasteiger partial charge in [-0.2, -0.15) is 4.37 Å². The molecule has 4 nitrogen and oxygen atoms in total. The predicted octanol–water partition coefficient (Wildman–Crippen LogP) is 1.35. The molecule has 0 N–H and O–H groups in total. The minimum Gasteiger partial charge on any atom is -0.382 e. The predicted molar refractivity (Wildman–Crippen MR) is 46.5 cm³/mol. The highest BCUT2D eigenvalue weighted by Crippen LogP contribution is 2.09. The summed E-state index contributed by atoms with van der Waals surface area (Å²) in [6, 6.07) is 0. The van der Waals surface area contributed by atoms with Gasteiger partial charge in [-0.05, 0) is 23.1 Å². The van der Waals surface area contributed by atoms with Crippen LogP contribution in [-0.4, -0.2) is 29.7 Å². The van der Waals surface area contributed by atoms with Crippen LogP contribution in [0.5, 0.6) is 0 Å². The van der Waals surface area contributed by atoms with Crippen molar-refractivity contribution in [2.75, 3.05) is 20.3 Å². The molecule has 0 radical (unpaired) electrons. The van der Waals surface area contributed by atoms with Gasteiger partial charge in [-0.15, -0.1) is 0 Å². The number of aromatic nitrogens is 2. The van der Waals surface area contributed by atoms with Crippen LogP contribution in [-0.2, 0) is 16.1 Å². The molecule has 0 bridgehead atoms. The van der Waals surface area contributed by atoms with Gasteiger partial charge < -0.3 is 9.47 Å². The summed E-state index contributed by atoms with van der Waals surface area (Å²) in [7, 11) is 1.63. The molecule has 12 heavy (non-hydrogen) atoms. The first-order valence-electron chi connectivity index (χ1n) is 3.37. The smallest absolute Gasteiger partial charge is 0.234 e. The standard InChI is InChI=1S/C6H9ClN2O2S/c1-10-2-3-11-4-5-8-6(7)9-12-5/h2-4H2,1H3. The third kappa shape index (κ3) is 3.44. The minimum absolute atomic E-state index is 0.283. The molecule has 0 aliphatic heterocycles. The van der Waals surface area contributed by atoms with Crippen LogP contribution in [0.2, 0.25) is 5.28 Å². The van der Waals surface area contributed by atoms with Gasteiger partial charge in [0, 0.05) is 7.11 Å². The first-order chi connectivity index (χ1) is 5.83. The molecule has 1 aromatic rings. The summed E-state index contributed by atoms with van der Waals surface area (Å²) >= 11 is 6.76. The van der Waals surface area contributed by atoms with Crippen molar-refractivity contribution in [3.05, 3.63) is 10.3 Å². The Morgan fingerprint density at radius 3 is 2.92 bits per heavy atom. The number of methoxy groups -OCH3 is 1. The second-order valence-electron chi connectivity index (χ2n) is 2.00. The molecule has 6 heteroatoms. The number of hydrogen-bond donors (Lipinski definition) is 0. The van der Waals surface area contributed by atoms with Gasteiger partial charge in [-0.25, -0.2) is 4.98 Å². The first kappa shape index (κ1) is 9.85. The number of rotatable bonds is 5. The molecular formula is C6H9ClN2O2S. The van der Waals surface area contributed by atoms with Gasteiger partial charge in [0.2, 0.25) is 5.28 Å². The highest BCUT2D eigenvalue weighted by molar-refractivity contribution is 7.05. The van der Waals surface area contributed by atoms with Crippen molar-refractivity contribution in [1.29, 1.82) is 0 Å². The monoisotopic (exact) mass is 208 g/mol. The summed E-state index contributed by atoms with van der Waals surface area (Å²) in [5, 5.41) is 1.07. The van der Waals surface area contributed by atoms with E-state index in [9.17, 15) is 0 Å². The van der Waals surface area contributed by atoms with E-state index in [1.165, 1.54) is 11.5 Å². The molecule has 0 aliphatic rings. The van der Waals surface area contributed by atoms with E-state index < -0.39 is 0 Å². The van der Waals surface area contributed by atoms with Crippen molar-refractivity contribution in [2.24, 2.45) is 0 Å². The fourth-order valence-corrected chi connectivity index (χ4v) is 1.33. The summed E-state index contributed by atoms with van der Waals surface area (Å²) < 4.78 is 13.8. The second kappa shape index (κ2) is 5.42. The van der Waals surface area contributed by atoms with Gasteiger partial charge in [0.1, 0.15) is 11.6 Å². The number of ether oxygens (including phenoxy) is 2. The first-order valence-corrected chi connectivity index (χ1v) is 4.53. The Labute approximate surface area is 79.6 Å². The highest BCUT2D eigenvalue weighted by atomic mass is 35.5. The molecule has 0 amide bonds. The van der Waals surface area contributed by atoms with Crippen molar-refractivity contribution in [1.82, 2.24) is 9.36 Å². The van der Waals surface area contributed by atoms with Crippen LogP contribution in [0.3, 0.4) is 0 Å². The molecule has 0 unspecified atom stereocenters. The maximum atomic E-state index is 5.51. The molecule has 1 heterocycles. The summed E-state index contributed by atoms with van der Waals surface area (Å²) in [4.78, 5) is 3.92. The van der Waals surface area contributed by atoms with E-state index in [4.69, 9.17) is 21.1 Å². The normalized spacial score (nSPS) is 10.5. The molecule has 0 aliphatic carbocycles. The Morgan fingerprint density at radius 2 is 2.33 bits per heavy atom. The zero-order valence-electron chi connectivity index (χ0n) is 6.62. The zero-order chi connectivity index (χ0) is 8.81. The average molecular weight is 209 g/mol. The SMILES string of the molecule is COCCOCc1nc(Cl)ns1. The van der Waals surface area contributed by atoms with Gasteiger partial charge in [-0.1, -0.05) is 0 Å². The molecule has 1 aromatic heterocycles. The lowest BCUT2D eigenvalue weighted by Gasteiger charge is -1.98. The third-order valence-electron chi connectivity index (χ3n) is 1.10. The lowest BCUT2D eigenvalue weighted by Crippen LogP contribution is -2.01. The van der Waals surface area contributed by atoms with Crippen molar-refractivity contribution in [2.45, 2.75) is 6.61 Å². The number of nitrogens with zero attached hydrogens (tertiary/aromatic N) is 2. The Hall–Kier alpha value is -0.230. The molecule has 0 atom stereocenters. The van der Waals surface area contributed by atoms with E-state index in [1.807, 2.05) is 0 Å². The summed E-state index contributed by atoms with van der Waals surface area (Å²) in [6.07, 6.45) is 0. The maximum absolute atomic E-state index is 5.51. The molecule has 0 spiro atoms. The zero-order valence-corrected chi connectivity index (χ0v) is 8.19. The summed E-state index contributed by atoms with van der Waals surface area (Å²) in [6.45, 7) is 1.61. The second-order valence-corrected chi connectivity index (χ2v) is 3.18. The van der Waals surface area contributed by atoms with E-state index in [2.05, 4.69) is 9.36 Å². The third-order valence-corrected chi connectivity index (χ3v) is 2.05. The van der Waals surface area contributed by atoms with Gasteiger partial charge >= 0.3 is 0 Å². The molecule has 1 rings (SSSR count). The van der Waals surface area contributed by atoms with Gasteiger partial charge in [-0.3, -0.25) is 0 Å². The van der Waals surface area contributed by atoms with Crippen LogP contribution in [0.25, 0.3) is 0 Å². The Kier molecular flexibility index (Phi) is 4.45. The van der Waals surface area contributed by atoms with E-state index in [0.717, 1.165) is 5.01 Å². The van der Waals surface area contributed by atoms with Gasteiger partial charge in [0.15, 0.2) is 0 Å². The van der Waals surface area contributed by atoms with Crippen LogP contribution >= 0.6 is 23.1 Å². The number of hydrogen-bond acceptors (Lipinski definition) is 5. The van der Waals surface area contributed by atoms with Crippen molar-refractivity contribution < 1.29 is 9.47 Å². The Morgan fingerprint density at radius 1 is 1.50 bits per heavy atom. The lowest BCUT2D eigenvalue weighted by molar-refractivity contribution is 0.0616. The van der Waals surface area contributed by atoms with Crippen molar-refractivity contribution in [3.63, 3.8) is 0 Å². The molecular weight excluding hydrogens is 200 g/mol. The number of halogens is 1. The van der Waals surface area contributed by atoms with Crippen LogP contribution < -0.4 is 0 Å². The van der Waals surface area contributed by atoms with Crippen LogP contribution in [0.1, 0.15) is 5.01 Å². The van der Waals surface area contributed by atoms with Crippen LogP contribution in [0.15, 0.2) is 0 Å². The molecule has 68 valence electrons. The van der Waals surface area contributed by atoms with Crippen LogP contribution in [0.4, 0.5) is 0 Å². The van der Waals surface area contributed by atoms with Gasteiger partial charge in [0.05, 0.1) is 13.2 Å². The van der Waals surface area contributed by atoms with Crippen molar-refractivity contribution in [3.8, 4) is 0 Å². The van der Waals surface area contributed by atoms with Crippen molar-refractivity contribution >= 4 is 23.1 Å². The van der Waals surface area contributed by atoms with E-state index in [-0.39, 0.29) is 5.28 Å². The molecule has 0 fully saturated rings. The summed E-state index contributed by atoms with van der Waals surface area (Å²) in [5.41, 5.74) is 0. The Bertz CT molecular complexity index is 231. The van der Waals surface area contributed by atoms with Gasteiger partial charge in [0.25, 0.3) is 0 Å². The minimum atomic E-state index is 0.283. The Balaban J connectivity index is 2.15. The molecule has 0 saturated heterocycles. The average Bonchev–Trinajstić information content (AvgIpc) is 2.45. The molecule has 0 saturated carbocycles. The molecule has 0 aromatic carbocycles. The topological polar surface area (TPSA) is 44.2 Å². The fraction of sp³-hybridized carbons (Fsp3) is 0.667. The van der Waals surface area contributed by atoms with E-state index in [0.29, 0.717) is 19.8 Å². The largest absolute Gasteiger partial charge is 0.382 e. The lowest BCUT2D eigenvalue weighted by atomic mass is 10.7. The summed E-state index contributed by atoms with van der Waals surface area (Å²) in [5.74, 6) is 0. The van der Waals surface area contributed by atoms with E-state index in [1.54, 1.807) is 7.11 Å². The highest BCUT2D eigenvalue weighted by Gasteiger charge is 2.00. The fourth-order valence-electron chi connectivity index (χ4n) is 0.594.